The lowest BCUT2D eigenvalue weighted by Gasteiger charge is -2.31. The predicted molar refractivity (Wildman–Crippen MR) is 223 cm³/mol. The summed E-state index contributed by atoms with van der Waals surface area (Å²) in [5.74, 6) is 1.56. The van der Waals surface area contributed by atoms with Crippen LogP contribution in [0.15, 0.2) is 143 Å². The summed E-state index contributed by atoms with van der Waals surface area (Å²) in [7, 11) is 0. The van der Waals surface area contributed by atoms with Gasteiger partial charge in [-0.1, -0.05) is 139 Å². The van der Waals surface area contributed by atoms with Gasteiger partial charge in [0, 0.05) is 29.2 Å². The van der Waals surface area contributed by atoms with Crippen molar-refractivity contribution in [2.75, 3.05) is 0 Å². The molecule has 1 aromatic heterocycles. The van der Waals surface area contributed by atoms with Crippen LogP contribution in [0.2, 0.25) is 0 Å². The van der Waals surface area contributed by atoms with Crippen molar-refractivity contribution < 1.29 is 9.15 Å². The van der Waals surface area contributed by atoms with Crippen molar-refractivity contribution in [1.82, 2.24) is 15.6 Å². The molecule has 0 fully saturated rings. The van der Waals surface area contributed by atoms with E-state index in [2.05, 4.69) is 191 Å². The van der Waals surface area contributed by atoms with Gasteiger partial charge in [-0.3, -0.25) is 5.43 Å². The molecule has 6 aromatic carbocycles. The number of hydrogen-bond donors (Lipinski definition) is 1. The van der Waals surface area contributed by atoms with Gasteiger partial charge in [0.15, 0.2) is 0 Å². The van der Waals surface area contributed by atoms with Crippen molar-refractivity contribution in [3.05, 3.63) is 178 Å². The maximum Gasteiger partial charge on any atom is 0.248 e. The molecule has 6 nitrogen and oxygen atoms in total. The van der Waals surface area contributed by atoms with Gasteiger partial charge < -0.3 is 9.15 Å². The third kappa shape index (κ3) is 5.05. The van der Waals surface area contributed by atoms with Gasteiger partial charge in [0.05, 0.1) is 5.41 Å². The molecule has 0 radical (unpaired) electrons. The fourth-order valence-corrected chi connectivity index (χ4v) is 8.91. The monoisotopic (exact) mass is 732 g/mol. The predicted octanol–water partition coefficient (Wildman–Crippen LogP) is 11.5. The molecule has 1 aliphatic heterocycles. The minimum Gasteiger partial charge on any atom is -0.444 e. The molecule has 0 amide bonds. The van der Waals surface area contributed by atoms with Crippen molar-refractivity contribution in [2.24, 2.45) is 5.10 Å². The normalized spacial score (nSPS) is 19.2. The molecule has 10 rings (SSSR count). The van der Waals surface area contributed by atoms with Crippen LogP contribution in [0.25, 0.3) is 45.2 Å². The number of benzene rings is 6. The minimum absolute atomic E-state index is 0.0582. The van der Waals surface area contributed by atoms with Crippen LogP contribution in [0.5, 0.6) is 0 Å². The number of fused-ring (bicyclic) bond motifs is 10. The Morgan fingerprint density at radius 1 is 0.500 bits per heavy atom. The van der Waals surface area contributed by atoms with E-state index in [-0.39, 0.29) is 10.8 Å². The highest BCUT2D eigenvalue weighted by Gasteiger charge is 2.52. The molecule has 0 bridgehead atoms. The first-order valence-corrected chi connectivity index (χ1v) is 19.4. The zero-order valence-corrected chi connectivity index (χ0v) is 32.9. The Morgan fingerprint density at radius 3 is 1.54 bits per heavy atom. The van der Waals surface area contributed by atoms with Gasteiger partial charge >= 0.3 is 0 Å². The number of aromatic nitrogens is 2. The highest BCUT2D eigenvalue weighted by molar-refractivity contribution is 6.00. The molecule has 2 unspecified atom stereocenters. The summed E-state index contributed by atoms with van der Waals surface area (Å²) in [5, 5.41) is 13.9. The smallest absolute Gasteiger partial charge is 0.248 e. The van der Waals surface area contributed by atoms with Gasteiger partial charge in [-0.05, 0) is 103 Å². The van der Waals surface area contributed by atoms with Crippen LogP contribution in [-0.4, -0.2) is 16.1 Å². The second-order valence-electron chi connectivity index (χ2n) is 17.6. The van der Waals surface area contributed by atoms with Gasteiger partial charge in [0.2, 0.25) is 23.4 Å². The van der Waals surface area contributed by atoms with E-state index in [0.29, 0.717) is 17.7 Å². The van der Waals surface area contributed by atoms with Crippen LogP contribution in [0.4, 0.5) is 0 Å². The number of ether oxygens (including phenoxy) is 1. The molecule has 0 saturated heterocycles. The maximum absolute atomic E-state index is 6.72. The fraction of sp³-hybridized carbons (Fsp3) is 0.220. The summed E-state index contributed by atoms with van der Waals surface area (Å²) in [5.41, 5.74) is 18.0. The molecule has 276 valence electrons. The molecule has 2 atom stereocenters. The Hall–Kier alpha value is -6.27. The number of rotatable bonds is 4. The van der Waals surface area contributed by atoms with Gasteiger partial charge in [-0.15, -0.1) is 15.3 Å². The fourth-order valence-electron chi connectivity index (χ4n) is 8.91. The maximum atomic E-state index is 6.72. The van der Waals surface area contributed by atoms with Crippen LogP contribution < -0.4 is 5.43 Å². The van der Waals surface area contributed by atoms with E-state index in [1.807, 2.05) is 6.92 Å². The van der Waals surface area contributed by atoms with Crippen molar-refractivity contribution in [3.63, 3.8) is 0 Å². The molecule has 1 spiro atoms. The summed E-state index contributed by atoms with van der Waals surface area (Å²) < 4.78 is 13.1. The highest BCUT2D eigenvalue weighted by Crippen LogP contribution is 2.63. The number of hydrogen-bond acceptors (Lipinski definition) is 6. The third-order valence-corrected chi connectivity index (χ3v) is 12.0. The number of nitrogens with zero attached hydrogens (tertiary/aromatic N) is 3. The van der Waals surface area contributed by atoms with E-state index in [4.69, 9.17) is 14.3 Å². The quantitative estimate of drug-likeness (QED) is 0.195. The second kappa shape index (κ2) is 11.9. The first kappa shape index (κ1) is 34.2. The Morgan fingerprint density at radius 2 is 0.964 bits per heavy atom. The minimum atomic E-state index is -0.801. The van der Waals surface area contributed by atoms with E-state index in [1.165, 1.54) is 55.6 Å². The van der Waals surface area contributed by atoms with E-state index >= 15 is 0 Å². The van der Waals surface area contributed by atoms with Gasteiger partial charge in [-0.2, -0.15) is 0 Å². The van der Waals surface area contributed by atoms with Crippen LogP contribution in [0.1, 0.15) is 93.0 Å². The zero-order valence-electron chi connectivity index (χ0n) is 32.9. The molecular weight excluding hydrogens is 689 g/mol. The average Bonchev–Trinajstić information content (AvgIpc) is 3.98. The Bertz CT molecular complexity index is 2720. The van der Waals surface area contributed by atoms with E-state index < -0.39 is 11.1 Å². The third-order valence-electron chi connectivity index (χ3n) is 12.0. The Balaban J connectivity index is 1.08. The molecule has 2 heterocycles. The van der Waals surface area contributed by atoms with Gasteiger partial charge in [-0.25, -0.2) is 0 Å². The summed E-state index contributed by atoms with van der Waals surface area (Å²) in [6.07, 6.45) is 0. The van der Waals surface area contributed by atoms with Gasteiger partial charge in [0.25, 0.3) is 0 Å². The van der Waals surface area contributed by atoms with Crippen LogP contribution in [0.3, 0.4) is 0 Å². The van der Waals surface area contributed by atoms with E-state index in [0.717, 1.165) is 22.3 Å². The lowest BCUT2D eigenvalue weighted by atomic mass is 9.70. The average molecular weight is 733 g/mol. The summed E-state index contributed by atoms with van der Waals surface area (Å²) in [6.45, 7) is 15.4. The second-order valence-corrected chi connectivity index (χ2v) is 17.6. The molecular formula is C50H44N4O2. The summed E-state index contributed by atoms with van der Waals surface area (Å²) >= 11 is 0. The first-order valence-electron chi connectivity index (χ1n) is 19.4. The van der Waals surface area contributed by atoms with Gasteiger partial charge in [0.1, 0.15) is 0 Å². The van der Waals surface area contributed by atoms with Crippen LogP contribution >= 0.6 is 0 Å². The molecule has 6 heteroatoms. The number of hydrazone groups is 1. The molecule has 56 heavy (non-hydrogen) atoms. The zero-order chi connectivity index (χ0) is 38.6. The molecule has 7 aromatic rings. The summed E-state index contributed by atoms with van der Waals surface area (Å²) in [6, 6.07) is 47.9. The molecule has 1 N–H and O–H groups in total. The van der Waals surface area contributed by atoms with E-state index in [1.54, 1.807) is 0 Å². The van der Waals surface area contributed by atoms with E-state index in [9.17, 15) is 0 Å². The lowest BCUT2D eigenvalue weighted by Crippen LogP contribution is -2.34. The molecule has 3 aliphatic rings. The lowest BCUT2D eigenvalue weighted by molar-refractivity contribution is 0.0670. The van der Waals surface area contributed by atoms with Crippen molar-refractivity contribution in [2.45, 2.75) is 70.4 Å². The highest BCUT2D eigenvalue weighted by atomic mass is 16.5. The number of nitrogens with one attached hydrogen (secondary N) is 1. The topological polar surface area (TPSA) is 72.5 Å². The molecule has 0 saturated carbocycles. The van der Waals surface area contributed by atoms with Crippen LogP contribution in [-0.2, 0) is 26.7 Å². The standard InChI is InChI=1S/C50H44N4O2/c1-47(2,3)33-20-16-30(17-21-33)44-51-52-45(55-44)31-18-26-38-36-12-8-10-14-40(36)50(42(38)28-31)41-15-11-9-13-37(41)39-27-19-32(29-43(39)50)46-53-54-49(7,56-46)35-24-22-34(23-25-35)48(4,5)6/h8-29,54H,1-7H3. The summed E-state index contributed by atoms with van der Waals surface area (Å²) in [4.78, 5) is 0. The first-order chi connectivity index (χ1) is 26.8. The van der Waals surface area contributed by atoms with Crippen molar-refractivity contribution >= 4 is 5.90 Å². The van der Waals surface area contributed by atoms with Crippen LogP contribution in [0, 0.1) is 0 Å². The van der Waals surface area contributed by atoms with Crippen molar-refractivity contribution in [3.8, 4) is 45.2 Å². The largest absolute Gasteiger partial charge is 0.444 e. The Labute approximate surface area is 328 Å². The Kier molecular flexibility index (Phi) is 7.25. The SMILES string of the molecule is CC(C)(C)c1ccc(-c2nnc(-c3ccc4c(c3)C3(c5ccccc5-c5ccc(C6=NNC(C)(c7ccc(C(C)(C)C)cc7)O6)cc53)c3ccccc3-4)o2)cc1. The van der Waals surface area contributed by atoms with Crippen molar-refractivity contribution in [1.29, 1.82) is 0 Å². The molecule has 2 aliphatic carbocycles.